The van der Waals surface area contributed by atoms with E-state index < -0.39 is 11.8 Å². The Morgan fingerprint density at radius 2 is 2.18 bits per heavy atom. The van der Waals surface area contributed by atoms with E-state index in [9.17, 15) is 9.18 Å². The van der Waals surface area contributed by atoms with Crippen LogP contribution in [0.5, 0.6) is 0 Å². The van der Waals surface area contributed by atoms with E-state index in [-0.39, 0.29) is 11.7 Å². The molecule has 0 amide bonds. The number of carbonyl (C=O) groups is 1. The van der Waals surface area contributed by atoms with Crippen molar-refractivity contribution in [2.75, 3.05) is 11.9 Å². The first-order valence-electron chi connectivity index (χ1n) is 5.51. The molecule has 1 fully saturated rings. The molecule has 0 bridgehead atoms. The van der Waals surface area contributed by atoms with Gasteiger partial charge in [-0.1, -0.05) is 0 Å². The molecule has 0 aliphatic heterocycles. The zero-order valence-corrected chi connectivity index (χ0v) is 9.19. The Hall–Kier alpha value is -1.62. The Labute approximate surface area is 98.1 Å². The number of aromatic carboxylic acids is 1. The number of halogens is 1. The van der Waals surface area contributed by atoms with Crippen LogP contribution in [0.2, 0.25) is 0 Å². The van der Waals surface area contributed by atoms with Crippen molar-refractivity contribution in [3.8, 4) is 0 Å². The van der Waals surface area contributed by atoms with E-state index in [1.165, 1.54) is 12.1 Å². The molecule has 3 N–H and O–H groups in total. The minimum absolute atomic E-state index is 0.0649. The van der Waals surface area contributed by atoms with Gasteiger partial charge in [0.15, 0.2) is 0 Å². The Morgan fingerprint density at radius 3 is 2.76 bits per heavy atom. The maximum absolute atomic E-state index is 12.9. The number of rotatable bonds is 4. The molecule has 1 aromatic carbocycles. The van der Waals surface area contributed by atoms with E-state index in [4.69, 9.17) is 10.2 Å². The number of hydrogen-bond donors (Lipinski definition) is 3. The van der Waals surface area contributed by atoms with E-state index in [1.807, 2.05) is 0 Å². The summed E-state index contributed by atoms with van der Waals surface area (Å²) in [5.74, 6) is -1.36. The molecule has 92 valence electrons. The van der Waals surface area contributed by atoms with Gasteiger partial charge in [0.25, 0.3) is 0 Å². The van der Waals surface area contributed by atoms with Crippen LogP contribution in [0.1, 0.15) is 23.2 Å². The number of aliphatic hydroxyl groups is 1. The summed E-state index contributed by atoms with van der Waals surface area (Å²) in [5, 5.41) is 21.0. The molecule has 0 saturated heterocycles. The normalized spacial score (nSPS) is 22.9. The van der Waals surface area contributed by atoms with E-state index in [0.29, 0.717) is 18.2 Å². The lowest BCUT2D eigenvalue weighted by atomic mass is 9.82. The van der Waals surface area contributed by atoms with Gasteiger partial charge in [-0.05, 0) is 37.0 Å². The first-order valence-corrected chi connectivity index (χ1v) is 5.51. The number of benzene rings is 1. The Balaban J connectivity index is 2.02. The van der Waals surface area contributed by atoms with Crippen molar-refractivity contribution in [1.29, 1.82) is 0 Å². The highest BCUT2D eigenvalue weighted by molar-refractivity contribution is 5.94. The highest BCUT2D eigenvalue weighted by Crippen LogP contribution is 2.28. The molecule has 0 unspecified atom stereocenters. The van der Waals surface area contributed by atoms with Crippen molar-refractivity contribution in [3.63, 3.8) is 0 Å². The van der Waals surface area contributed by atoms with Crippen molar-refractivity contribution >= 4 is 11.7 Å². The standard InChI is InChI=1S/C12H14FNO3/c13-8-1-2-11(10(5-8)12(16)17)14-6-7-3-9(15)4-7/h1-2,5,7,9,14-15H,3-4,6H2,(H,16,17). The van der Waals surface area contributed by atoms with Crippen LogP contribution < -0.4 is 5.32 Å². The third-order valence-corrected chi connectivity index (χ3v) is 3.00. The topological polar surface area (TPSA) is 69.6 Å². The summed E-state index contributed by atoms with van der Waals surface area (Å²) in [7, 11) is 0. The summed E-state index contributed by atoms with van der Waals surface area (Å²) in [4.78, 5) is 10.9. The van der Waals surface area contributed by atoms with E-state index in [0.717, 1.165) is 18.9 Å². The molecule has 0 heterocycles. The molecule has 1 aromatic rings. The molecule has 5 heteroatoms. The van der Waals surface area contributed by atoms with Gasteiger partial charge in [-0.2, -0.15) is 0 Å². The van der Waals surface area contributed by atoms with E-state index >= 15 is 0 Å². The van der Waals surface area contributed by atoms with Crippen LogP contribution in [0.3, 0.4) is 0 Å². The third-order valence-electron chi connectivity index (χ3n) is 3.00. The highest BCUT2D eigenvalue weighted by Gasteiger charge is 2.27. The Bertz CT molecular complexity index is 430. The Morgan fingerprint density at radius 1 is 1.47 bits per heavy atom. The van der Waals surface area contributed by atoms with Crippen molar-refractivity contribution in [2.24, 2.45) is 5.92 Å². The number of hydrogen-bond acceptors (Lipinski definition) is 3. The van der Waals surface area contributed by atoms with E-state index in [2.05, 4.69) is 5.32 Å². The second-order valence-corrected chi connectivity index (χ2v) is 4.37. The fraction of sp³-hybridized carbons (Fsp3) is 0.417. The highest BCUT2D eigenvalue weighted by atomic mass is 19.1. The Kier molecular flexibility index (Phi) is 3.28. The van der Waals surface area contributed by atoms with Crippen LogP contribution in [0.15, 0.2) is 18.2 Å². The quantitative estimate of drug-likeness (QED) is 0.748. The van der Waals surface area contributed by atoms with Gasteiger partial charge < -0.3 is 15.5 Å². The zero-order chi connectivity index (χ0) is 12.4. The molecular weight excluding hydrogens is 225 g/mol. The van der Waals surface area contributed by atoms with Crippen molar-refractivity contribution < 1.29 is 19.4 Å². The van der Waals surface area contributed by atoms with Crippen LogP contribution in [0.25, 0.3) is 0 Å². The lowest BCUT2D eigenvalue weighted by Gasteiger charge is -2.31. The number of carboxylic acid groups (broad SMARTS) is 1. The second kappa shape index (κ2) is 4.71. The molecule has 17 heavy (non-hydrogen) atoms. The molecule has 4 nitrogen and oxygen atoms in total. The maximum Gasteiger partial charge on any atom is 0.337 e. The van der Waals surface area contributed by atoms with Gasteiger partial charge in [0.2, 0.25) is 0 Å². The number of nitrogens with one attached hydrogen (secondary N) is 1. The predicted octanol–water partition coefficient (Wildman–Crippen LogP) is 1.71. The van der Waals surface area contributed by atoms with Gasteiger partial charge in [-0.3, -0.25) is 0 Å². The third kappa shape index (κ3) is 2.74. The first-order chi connectivity index (χ1) is 8.06. The molecule has 0 atom stereocenters. The zero-order valence-electron chi connectivity index (χ0n) is 9.19. The van der Waals surface area contributed by atoms with Crippen LogP contribution >= 0.6 is 0 Å². The molecule has 2 rings (SSSR count). The van der Waals surface area contributed by atoms with Crippen LogP contribution in [0.4, 0.5) is 10.1 Å². The van der Waals surface area contributed by atoms with Gasteiger partial charge >= 0.3 is 5.97 Å². The summed E-state index contributed by atoms with van der Waals surface area (Å²) in [6.45, 7) is 0.600. The average molecular weight is 239 g/mol. The summed E-state index contributed by atoms with van der Waals surface area (Å²) in [6, 6.07) is 3.65. The minimum Gasteiger partial charge on any atom is -0.478 e. The van der Waals surface area contributed by atoms with Gasteiger partial charge in [0.1, 0.15) is 5.82 Å². The SMILES string of the molecule is O=C(O)c1cc(F)ccc1NCC1CC(O)C1. The van der Waals surface area contributed by atoms with Gasteiger partial charge in [0.05, 0.1) is 11.7 Å². The maximum atomic E-state index is 12.9. The first kappa shape index (κ1) is 11.9. The number of carboxylic acids is 1. The monoisotopic (exact) mass is 239 g/mol. The fourth-order valence-corrected chi connectivity index (χ4v) is 1.97. The van der Waals surface area contributed by atoms with E-state index in [1.54, 1.807) is 0 Å². The van der Waals surface area contributed by atoms with Crippen molar-refractivity contribution in [3.05, 3.63) is 29.6 Å². The second-order valence-electron chi connectivity index (χ2n) is 4.37. The molecular formula is C12H14FNO3. The summed E-state index contributed by atoms with van der Waals surface area (Å²) >= 11 is 0. The fourth-order valence-electron chi connectivity index (χ4n) is 1.97. The van der Waals surface area contributed by atoms with Crippen LogP contribution in [0, 0.1) is 11.7 Å². The minimum atomic E-state index is -1.15. The molecule has 1 aliphatic carbocycles. The van der Waals surface area contributed by atoms with Crippen LogP contribution in [-0.4, -0.2) is 28.8 Å². The van der Waals surface area contributed by atoms with Crippen molar-refractivity contribution in [2.45, 2.75) is 18.9 Å². The molecule has 1 aliphatic rings. The van der Waals surface area contributed by atoms with Gasteiger partial charge in [0, 0.05) is 12.2 Å². The number of aliphatic hydroxyl groups excluding tert-OH is 1. The average Bonchev–Trinajstić information content (AvgIpc) is 2.24. The van der Waals surface area contributed by atoms with Gasteiger partial charge in [-0.25, -0.2) is 9.18 Å². The molecule has 0 radical (unpaired) electrons. The molecule has 0 aromatic heterocycles. The summed E-state index contributed by atoms with van der Waals surface area (Å²) < 4.78 is 12.9. The largest absolute Gasteiger partial charge is 0.478 e. The van der Waals surface area contributed by atoms with Crippen LogP contribution in [-0.2, 0) is 0 Å². The van der Waals surface area contributed by atoms with Gasteiger partial charge in [-0.15, -0.1) is 0 Å². The lowest BCUT2D eigenvalue weighted by Crippen LogP contribution is -2.33. The number of anilines is 1. The molecule has 0 spiro atoms. The summed E-state index contributed by atoms with van der Waals surface area (Å²) in [5.41, 5.74) is 0.352. The molecule has 1 saturated carbocycles. The predicted molar refractivity (Wildman–Crippen MR) is 60.6 cm³/mol. The van der Waals surface area contributed by atoms with Crippen molar-refractivity contribution in [1.82, 2.24) is 0 Å². The summed E-state index contributed by atoms with van der Waals surface area (Å²) in [6.07, 6.45) is 1.24. The lowest BCUT2D eigenvalue weighted by molar-refractivity contribution is 0.0486. The smallest absolute Gasteiger partial charge is 0.337 e.